The van der Waals surface area contributed by atoms with Crippen molar-refractivity contribution in [2.24, 2.45) is 0 Å². The number of carbonyl (C=O) groups is 1. The lowest BCUT2D eigenvalue weighted by molar-refractivity contribution is 0.0695. The van der Waals surface area contributed by atoms with Gasteiger partial charge in [0.05, 0.1) is 16.8 Å². The highest BCUT2D eigenvalue weighted by Gasteiger charge is 2.14. The third-order valence-electron chi connectivity index (χ3n) is 2.87. The van der Waals surface area contributed by atoms with Gasteiger partial charge in [0.25, 0.3) is 0 Å². The first kappa shape index (κ1) is 12.6. The third-order valence-corrected chi connectivity index (χ3v) is 3.78. The maximum absolute atomic E-state index is 11.0. The number of thiophene rings is 1. The molecule has 0 bridgehead atoms. The molecule has 0 spiro atoms. The first-order valence-electron chi connectivity index (χ1n) is 5.90. The summed E-state index contributed by atoms with van der Waals surface area (Å²) in [6.45, 7) is 2.01. The lowest BCUT2D eigenvalue weighted by atomic mass is 10.2. The second-order valence-corrected chi connectivity index (χ2v) is 5.11. The number of nitrogens with zero attached hydrogens (tertiary/aromatic N) is 2. The zero-order valence-corrected chi connectivity index (χ0v) is 11.4. The molecule has 0 amide bonds. The van der Waals surface area contributed by atoms with Crippen LogP contribution in [-0.2, 0) is 6.54 Å². The van der Waals surface area contributed by atoms with Crippen LogP contribution < -0.4 is 5.32 Å². The molecule has 3 aromatic rings. The minimum Gasteiger partial charge on any atom is -0.478 e. The molecule has 0 saturated carbocycles. The Morgan fingerprint density at radius 2 is 2.35 bits per heavy atom. The smallest absolute Gasteiger partial charge is 0.339 e. The Hall–Kier alpha value is -2.41. The van der Waals surface area contributed by atoms with Crippen molar-refractivity contribution in [3.8, 4) is 0 Å². The highest BCUT2D eigenvalue weighted by Crippen LogP contribution is 2.25. The molecule has 0 aromatic carbocycles. The highest BCUT2D eigenvalue weighted by atomic mass is 32.1. The Labute approximate surface area is 118 Å². The van der Waals surface area contributed by atoms with Crippen LogP contribution in [-0.4, -0.2) is 21.0 Å². The molecule has 0 aliphatic rings. The molecule has 0 radical (unpaired) electrons. The molecule has 3 aromatic heterocycles. The molecule has 0 fully saturated rings. The second-order valence-electron chi connectivity index (χ2n) is 4.20. The number of carboxylic acids is 1. The first-order chi connectivity index (χ1) is 9.65. The van der Waals surface area contributed by atoms with Gasteiger partial charge in [-0.3, -0.25) is 0 Å². The highest BCUT2D eigenvalue weighted by molar-refractivity contribution is 7.17. The van der Waals surface area contributed by atoms with E-state index in [4.69, 9.17) is 9.52 Å². The van der Waals surface area contributed by atoms with E-state index < -0.39 is 5.97 Å². The minimum absolute atomic E-state index is 0.186. The maximum atomic E-state index is 11.0. The lowest BCUT2D eigenvalue weighted by Crippen LogP contribution is -2.01. The van der Waals surface area contributed by atoms with E-state index in [1.165, 1.54) is 12.4 Å². The van der Waals surface area contributed by atoms with Crippen LogP contribution in [0.1, 0.15) is 21.9 Å². The normalized spacial score (nSPS) is 10.8. The van der Waals surface area contributed by atoms with E-state index in [0.717, 1.165) is 16.0 Å². The van der Waals surface area contributed by atoms with Crippen molar-refractivity contribution in [2.45, 2.75) is 13.5 Å². The van der Waals surface area contributed by atoms with E-state index in [1.807, 2.05) is 11.4 Å². The first-order valence-corrected chi connectivity index (χ1v) is 6.78. The second kappa shape index (κ2) is 4.93. The molecule has 2 N–H and O–H groups in total. The van der Waals surface area contributed by atoms with Crippen LogP contribution in [0.4, 0.5) is 5.82 Å². The molecule has 102 valence electrons. The summed E-state index contributed by atoms with van der Waals surface area (Å²) in [4.78, 5) is 19.3. The predicted octanol–water partition coefficient (Wildman–Crippen LogP) is 2.90. The van der Waals surface area contributed by atoms with E-state index in [0.29, 0.717) is 18.1 Å². The monoisotopic (exact) mass is 289 g/mol. The van der Waals surface area contributed by atoms with Gasteiger partial charge in [-0.25, -0.2) is 14.8 Å². The summed E-state index contributed by atoms with van der Waals surface area (Å²) in [6, 6.07) is 3.45. The number of hydrogen-bond acceptors (Lipinski definition) is 6. The van der Waals surface area contributed by atoms with Gasteiger partial charge in [0.1, 0.15) is 29.2 Å². The summed E-state index contributed by atoms with van der Waals surface area (Å²) in [5.41, 5.74) is 1.07. The molecule has 3 heterocycles. The van der Waals surface area contributed by atoms with Crippen LogP contribution in [0.2, 0.25) is 0 Å². The average molecular weight is 289 g/mol. The van der Waals surface area contributed by atoms with Crippen LogP contribution in [0.15, 0.2) is 28.3 Å². The molecular weight excluding hydrogens is 278 g/mol. The van der Waals surface area contributed by atoms with Gasteiger partial charge in [0.15, 0.2) is 0 Å². The summed E-state index contributed by atoms with van der Waals surface area (Å²) in [5, 5.41) is 14.1. The number of rotatable bonds is 4. The standard InChI is InChI=1S/C13H11N3O3S/c1-7-9(13(17)18)4-8(19-7)5-14-12-11-10(2-3-20-11)15-6-16-12/h2-4,6H,5H2,1H3,(H,17,18)(H,14,15,16). The number of carboxylic acid groups (broad SMARTS) is 1. The van der Waals surface area contributed by atoms with Gasteiger partial charge in [-0.05, 0) is 24.4 Å². The number of furan rings is 1. The number of hydrogen-bond donors (Lipinski definition) is 2. The van der Waals surface area contributed by atoms with Gasteiger partial charge in [-0.1, -0.05) is 0 Å². The number of anilines is 1. The Balaban J connectivity index is 1.81. The van der Waals surface area contributed by atoms with Crippen LogP contribution in [0.5, 0.6) is 0 Å². The number of aryl methyl sites for hydroxylation is 1. The molecule has 0 unspecified atom stereocenters. The quantitative estimate of drug-likeness (QED) is 0.767. The van der Waals surface area contributed by atoms with E-state index in [2.05, 4.69) is 15.3 Å². The SMILES string of the molecule is Cc1oc(CNc2ncnc3ccsc23)cc1C(=O)O. The average Bonchev–Trinajstić information content (AvgIpc) is 3.02. The molecular formula is C13H11N3O3S. The topological polar surface area (TPSA) is 88.3 Å². The Morgan fingerprint density at radius 3 is 3.10 bits per heavy atom. The summed E-state index contributed by atoms with van der Waals surface area (Å²) in [5.74, 6) is 0.692. The lowest BCUT2D eigenvalue weighted by Gasteiger charge is -2.03. The Bertz CT molecular complexity index is 778. The van der Waals surface area contributed by atoms with Gasteiger partial charge in [-0.15, -0.1) is 11.3 Å². The van der Waals surface area contributed by atoms with Crippen molar-refractivity contribution in [3.05, 3.63) is 40.9 Å². The number of aromatic nitrogens is 2. The van der Waals surface area contributed by atoms with Crippen molar-refractivity contribution < 1.29 is 14.3 Å². The zero-order valence-electron chi connectivity index (χ0n) is 10.6. The Kier molecular flexibility index (Phi) is 3.11. The van der Waals surface area contributed by atoms with Gasteiger partial charge in [0, 0.05) is 0 Å². The molecule has 0 aliphatic carbocycles. The van der Waals surface area contributed by atoms with Crippen LogP contribution in [0, 0.1) is 6.92 Å². The van der Waals surface area contributed by atoms with Crippen molar-refractivity contribution >= 4 is 33.3 Å². The van der Waals surface area contributed by atoms with Crippen LogP contribution in [0.3, 0.4) is 0 Å². The molecule has 20 heavy (non-hydrogen) atoms. The molecule has 6 nitrogen and oxygen atoms in total. The minimum atomic E-state index is -0.986. The molecule has 0 saturated heterocycles. The van der Waals surface area contributed by atoms with Crippen LogP contribution in [0.25, 0.3) is 10.2 Å². The van der Waals surface area contributed by atoms with E-state index in [1.54, 1.807) is 18.3 Å². The van der Waals surface area contributed by atoms with Gasteiger partial charge >= 0.3 is 5.97 Å². The van der Waals surface area contributed by atoms with Crippen LogP contribution >= 0.6 is 11.3 Å². The number of nitrogens with one attached hydrogen (secondary N) is 1. The molecule has 0 aliphatic heterocycles. The van der Waals surface area contributed by atoms with Gasteiger partial charge < -0.3 is 14.8 Å². The van der Waals surface area contributed by atoms with E-state index in [-0.39, 0.29) is 5.56 Å². The fraction of sp³-hybridized carbons (Fsp3) is 0.154. The fourth-order valence-electron chi connectivity index (χ4n) is 1.93. The molecule has 0 atom stereocenters. The van der Waals surface area contributed by atoms with Crippen molar-refractivity contribution in [1.29, 1.82) is 0 Å². The maximum Gasteiger partial charge on any atom is 0.339 e. The molecule has 7 heteroatoms. The van der Waals surface area contributed by atoms with E-state index in [9.17, 15) is 4.79 Å². The number of aromatic carboxylic acids is 1. The van der Waals surface area contributed by atoms with Gasteiger partial charge in [-0.2, -0.15) is 0 Å². The summed E-state index contributed by atoms with van der Waals surface area (Å²) < 4.78 is 6.37. The summed E-state index contributed by atoms with van der Waals surface area (Å²) in [6.07, 6.45) is 1.49. The Morgan fingerprint density at radius 1 is 1.50 bits per heavy atom. The molecule has 3 rings (SSSR count). The largest absolute Gasteiger partial charge is 0.478 e. The zero-order chi connectivity index (χ0) is 14.1. The predicted molar refractivity (Wildman–Crippen MR) is 75.1 cm³/mol. The number of fused-ring (bicyclic) bond motifs is 1. The van der Waals surface area contributed by atoms with E-state index >= 15 is 0 Å². The third kappa shape index (κ3) is 2.23. The van der Waals surface area contributed by atoms with Gasteiger partial charge in [0.2, 0.25) is 0 Å². The van der Waals surface area contributed by atoms with Crippen molar-refractivity contribution in [1.82, 2.24) is 9.97 Å². The summed E-state index contributed by atoms with van der Waals surface area (Å²) in [7, 11) is 0. The van der Waals surface area contributed by atoms with Crippen molar-refractivity contribution in [3.63, 3.8) is 0 Å². The van der Waals surface area contributed by atoms with Crippen molar-refractivity contribution in [2.75, 3.05) is 5.32 Å². The fourth-order valence-corrected chi connectivity index (χ4v) is 2.74. The summed E-state index contributed by atoms with van der Waals surface area (Å²) >= 11 is 1.55.